The lowest BCUT2D eigenvalue weighted by atomic mass is 9.96. The van der Waals surface area contributed by atoms with Crippen LogP contribution in [-0.2, 0) is 17.8 Å². The Labute approximate surface area is 146 Å². The Balaban J connectivity index is 1.70. The number of amides is 3. The molecule has 2 heterocycles. The van der Waals surface area contributed by atoms with Crippen molar-refractivity contribution in [3.8, 4) is 0 Å². The molecular weight excluding hydrogens is 320 g/mol. The molecule has 0 aliphatic carbocycles. The molecule has 7 nitrogen and oxygen atoms in total. The Morgan fingerprint density at radius 2 is 1.92 bits per heavy atom. The Hall–Kier alpha value is -2.70. The van der Waals surface area contributed by atoms with Crippen LogP contribution in [0.3, 0.4) is 0 Å². The summed E-state index contributed by atoms with van der Waals surface area (Å²) in [4.78, 5) is 25.8. The molecule has 0 spiro atoms. The van der Waals surface area contributed by atoms with Gasteiger partial charge in [0.15, 0.2) is 0 Å². The third kappa shape index (κ3) is 3.40. The number of hydrogen-bond donors (Lipinski definition) is 1. The van der Waals surface area contributed by atoms with Crippen molar-refractivity contribution >= 4 is 11.9 Å². The molecule has 25 heavy (non-hydrogen) atoms. The molecule has 1 unspecified atom stereocenters. The van der Waals surface area contributed by atoms with Crippen LogP contribution in [0.5, 0.6) is 0 Å². The predicted molar refractivity (Wildman–Crippen MR) is 90.7 cm³/mol. The summed E-state index contributed by atoms with van der Waals surface area (Å²) in [5, 5.41) is 10.8. The van der Waals surface area contributed by atoms with Gasteiger partial charge in [-0.15, -0.1) is 10.2 Å². The highest BCUT2D eigenvalue weighted by Gasteiger charge is 2.47. The molecule has 0 saturated carbocycles. The van der Waals surface area contributed by atoms with Crippen LogP contribution in [0.1, 0.15) is 49.6 Å². The van der Waals surface area contributed by atoms with Gasteiger partial charge in [0.1, 0.15) is 12.1 Å². The van der Waals surface area contributed by atoms with Crippen molar-refractivity contribution in [2.24, 2.45) is 0 Å². The van der Waals surface area contributed by atoms with Crippen LogP contribution in [0.25, 0.3) is 0 Å². The summed E-state index contributed by atoms with van der Waals surface area (Å²) in [6.45, 7) is 5.73. The molecule has 3 rings (SSSR count). The fourth-order valence-electron chi connectivity index (χ4n) is 3.09. The Morgan fingerprint density at radius 3 is 2.64 bits per heavy atom. The summed E-state index contributed by atoms with van der Waals surface area (Å²) in [5.74, 6) is 0.471. The zero-order chi connectivity index (χ0) is 18.0. The number of nitrogens with zero attached hydrogens (tertiary/aromatic N) is 3. The molecule has 1 aliphatic rings. The van der Waals surface area contributed by atoms with E-state index in [1.807, 2.05) is 38.1 Å². The van der Waals surface area contributed by atoms with E-state index in [2.05, 4.69) is 15.5 Å². The first kappa shape index (κ1) is 17.1. The van der Waals surface area contributed by atoms with E-state index in [0.717, 1.165) is 22.4 Å². The molecule has 1 aromatic heterocycles. The van der Waals surface area contributed by atoms with Gasteiger partial charge in [0, 0.05) is 0 Å². The SMILES string of the molecule is CCCC1(C)NC(=O)N(Cc2nnc(Cc3ccccc3C)o2)C1=O. The molecular formula is C18H22N4O3. The van der Waals surface area contributed by atoms with Crippen molar-refractivity contribution in [1.82, 2.24) is 20.4 Å². The highest BCUT2D eigenvalue weighted by molar-refractivity contribution is 6.06. The Bertz CT molecular complexity index is 801. The number of benzene rings is 1. The van der Waals surface area contributed by atoms with Crippen molar-refractivity contribution < 1.29 is 14.0 Å². The van der Waals surface area contributed by atoms with Gasteiger partial charge in [0.25, 0.3) is 5.91 Å². The molecule has 3 amide bonds. The smallest absolute Gasteiger partial charge is 0.325 e. The van der Waals surface area contributed by atoms with Crippen molar-refractivity contribution in [3.63, 3.8) is 0 Å². The van der Waals surface area contributed by atoms with Gasteiger partial charge in [0.2, 0.25) is 11.8 Å². The normalized spacial score (nSPS) is 20.2. The number of carbonyl (C=O) groups is 2. The molecule has 1 aromatic carbocycles. The molecule has 1 aliphatic heterocycles. The lowest BCUT2D eigenvalue weighted by Gasteiger charge is -2.20. The fraction of sp³-hybridized carbons (Fsp3) is 0.444. The summed E-state index contributed by atoms with van der Waals surface area (Å²) < 4.78 is 5.63. The monoisotopic (exact) mass is 342 g/mol. The highest BCUT2D eigenvalue weighted by Crippen LogP contribution is 2.24. The second kappa shape index (κ2) is 6.66. The van der Waals surface area contributed by atoms with E-state index in [0.29, 0.717) is 18.7 Å². The maximum Gasteiger partial charge on any atom is 0.325 e. The fourth-order valence-corrected chi connectivity index (χ4v) is 3.09. The summed E-state index contributed by atoms with van der Waals surface area (Å²) in [7, 11) is 0. The zero-order valence-corrected chi connectivity index (χ0v) is 14.7. The van der Waals surface area contributed by atoms with E-state index in [1.165, 1.54) is 0 Å². The molecule has 0 radical (unpaired) electrons. The topological polar surface area (TPSA) is 88.3 Å². The lowest BCUT2D eigenvalue weighted by molar-refractivity contribution is -0.131. The second-order valence-electron chi connectivity index (χ2n) is 6.60. The number of rotatable bonds is 6. The summed E-state index contributed by atoms with van der Waals surface area (Å²) >= 11 is 0. The molecule has 2 aromatic rings. The van der Waals surface area contributed by atoms with Gasteiger partial charge >= 0.3 is 6.03 Å². The third-order valence-corrected chi connectivity index (χ3v) is 4.50. The first-order valence-electron chi connectivity index (χ1n) is 8.43. The van der Waals surface area contributed by atoms with Gasteiger partial charge in [-0.05, 0) is 31.4 Å². The van der Waals surface area contributed by atoms with Crippen molar-refractivity contribution in [1.29, 1.82) is 0 Å². The maximum absolute atomic E-state index is 12.5. The van der Waals surface area contributed by atoms with Gasteiger partial charge in [-0.2, -0.15) is 0 Å². The molecule has 1 N–H and O–H groups in total. The Morgan fingerprint density at radius 1 is 1.20 bits per heavy atom. The number of carbonyl (C=O) groups excluding carboxylic acids is 2. The Kier molecular flexibility index (Phi) is 4.57. The largest absolute Gasteiger partial charge is 0.423 e. The van der Waals surface area contributed by atoms with Crippen molar-refractivity contribution in [2.45, 2.75) is 52.1 Å². The first-order chi connectivity index (χ1) is 11.9. The number of imide groups is 1. The minimum absolute atomic E-state index is 0.00918. The van der Waals surface area contributed by atoms with Crippen LogP contribution in [0.4, 0.5) is 4.79 Å². The minimum atomic E-state index is -0.851. The summed E-state index contributed by atoms with van der Waals surface area (Å²) in [6, 6.07) is 7.55. The molecule has 0 bridgehead atoms. The van der Waals surface area contributed by atoms with Crippen molar-refractivity contribution in [2.75, 3.05) is 0 Å². The van der Waals surface area contributed by atoms with Crippen LogP contribution < -0.4 is 5.32 Å². The van der Waals surface area contributed by atoms with Gasteiger partial charge in [-0.3, -0.25) is 9.69 Å². The van der Waals surface area contributed by atoms with E-state index in [-0.39, 0.29) is 18.3 Å². The average molecular weight is 342 g/mol. The van der Waals surface area contributed by atoms with Crippen LogP contribution in [0.15, 0.2) is 28.7 Å². The molecule has 1 saturated heterocycles. The number of urea groups is 1. The van der Waals surface area contributed by atoms with Gasteiger partial charge < -0.3 is 9.73 Å². The highest BCUT2D eigenvalue weighted by atomic mass is 16.4. The number of aromatic nitrogens is 2. The van der Waals surface area contributed by atoms with Gasteiger partial charge in [0.05, 0.1) is 6.42 Å². The second-order valence-corrected chi connectivity index (χ2v) is 6.60. The zero-order valence-electron chi connectivity index (χ0n) is 14.7. The standard InChI is InChI=1S/C18H22N4O3/c1-4-9-18(3)16(23)22(17(24)19-18)11-15-21-20-14(25-15)10-13-8-6-5-7-12(13)2/h5-8H,4,9-11H2,1-3H3,(H,19,24). The average Bonchev–Trinajstić information content (AvgIpc) is 3.08. The van der Waals surface area contributed by atoms with Crippen LogP contribution in [-0.4, -0.2) is 32.6 Å². The molecule has 1 fully saturated rings. The van der Waals surface area contributed by atoms with Crippen molar-refractivity contribution in [3.05, 3.63) is 47.2 Å². The summed E-state index contributed by atoms with van der Waals surface area (Å²) in [5.41, 5.74) is 1.39. The lowest BCUT2D eigenvalue weighted by Crippen LogP contribution is -2.43. The number of nitrogens with one attached hydrogen (secondary N) is 1. The maximum atomic E-state index is 12.5. The molecule has 132 valence electrons. The molecule has 1 atom stereocenters. The van der Waals surface area contributed by atoms with E-state index >= 15 is 0 Å². The molecule has 7 heteroatoms. The number of aryl methyl sites for hydroxylation is 1. The van der Waals surface area contributed by atoms with E-state index in [9.17, 15) is 9.59 Å². The third-order valence-electron chi connectivity index (χ3n) is 4.50. The van der Waals surface area contributed by atoms with Gasteiger partial charge in [-0.1, -0.05) is 37.6 Å². The first-order valence-corrected chi connectivity index (χ1v) is 8.43. The van der Waals surface area contributed by atoms with Crippen LogP contribution in [0.2, 0.25) is 0 Å². The van der Waals surface area contributed by atoms with Crippen LogP contribution in [0, 0.1) is 6.92 Å². The minimum Gasteiger partial charge on any atom is -0.423 e. The predicted octanol–water partition coefficient (Wildman–Crippen LogP) is 2.58. The van der Waals surface area contributed by atoms with E-state index in [1.54, 1.807) is 6.92 Å². The van der Waals surface area contributed by atoms with Gasteiger partial charge in [-0.25, -0.2) is 4.79 Å². The number of hydrogen-bond acceptors (Lipinski definition) is 5. The van der Waals surface area contributed by atoms with E-state index in [4.69, 9.17) is 4.42 Å². The quantitative estimate of drug-likeness (QED) is 0.815. The summed E-state index contributed by atoms with van der Waals surface area (Å²) in [6.07, 6.45) is 1.92. The van der Waals surface area contributed by atoms with E-state index < -0.39 is 11.6 Å². The van der Waals surface area contributed by atoms with Crippen LogP contribution >= 0.6 is 0 Å².